The molecule has 0 saturated heterocycles. The van der Waals surface area contributed by atoms with Crippen LogP contribution in [-0.2, 0) is 16.1 Å². The lowest BCUT2D eigenvalue weighted by molar-refractivity contribution is -0.121. The van der Waals surface area contributed by atoms with Crippen LogP contribution in [0.15, 0.2) is 78.9 Å². The smallest absolute Gasteiger partial charge is 0.338 e. The maximum Gasteiger partial charge on any atom is 0.338 e. The summed E-state index contributed by atoms with van der Waals surface area (Å²) in [5.74, 6) is -0.752. The van der Waals surface area contributed by atoms with Crippen molar-refractivity contribution in [3.63, 3.8) is 0 Å². The van der Waals surface area contributed by atoms with Crippen molar-refractivity contribution in [2.75, 3.05) is 18.1 Å². The van der Waals surface area contributed by atoms with E-state index in [9.17, 15) is 14.0 Å². The van der Waals surface area contributed by atoms with Crippen molar-refractivity contribution in [2.45, 2.75) is 13.5 Å². The summed E-state index contributed by atoms with van der Waals surface area (Å²) in [4.78, 5) is 26.1. The van der Waals surface area contributed by atoms with Crippen molar-refractivity contribution in [1.29, 1.82) is 0 Å². The molecule has 0 fully saturated rings. The lowest BCUT2D eigenvalue weighted by Gasteiger charge is -2.20. The predicted molar refractivity (Wildman–Crippen MR) is 112 cm³/mol. The Kier molecular flexibility index (Phi) is 7.16. The fraction of sp³-hybridized carbons (Fsp3) is 0.167. The highest BCUT2D eigenvalue weighted by molar-refractivity contribution is 5.97. The molecule has 0 N–H and O–H groups in total. The Morgan fingerprint density at radius 2 is 1.57 bits per heavy atom. The Morgan fingerprint density at radius 3 is 2.20 bits per heavy atom. The number of anilines is 1. The van der Waals surface area contributed by atoms with Crippen LogP contribution < -0.4 is 9.64 Å². The third-order valence-electron chi connectivity index (χ3n) is 4.42. The molecule has 3 aromatic rings. The first-order chi connectivity index (χ1) is 14.6. The van der Waals surface area contributed by atoms with Crippen molar-refractivity contribution in [3.05, 3.63) is 95.8 Å². The van der Waals surface area contributed by atoms with Crippen LogP contribution in [0.2, 0.25) is 0 Å². The van der Waals surface area contributed by atoms with E-state index < -0.39 is 12.6 Å². The lowest BCUT2D eigenvalue weighted by Crippen LogP contribution is -2.34. The van der Waals surface area contributed by atoms with E-state index in [-0.39, 0.29) is 11.7 Å². The van der Waals surface area contributed by atoms with Gasteiger partial charge in [-0.15, -0.1) is 0 Å². The number of nitrogens with zero attached hydrogens (tertiary/aromatic N) is 1. The van der Waals surface area contributed by atoms with Crippen LogP contribution in [-0.4, -0.2) is 25.0 Å². The summed E-state index contributed by atoms with van der Waals surface area (Å²) in [5, 5.41) is 0. The third-order valence-corrected chi connectivity index (χ3v) is 4.42. The van der Waals surface area contributed by atoms with Crippen molar-refractivity contribution >= 4 is 17.6 Å². The normalized spacial score (nSPS) is 10.3. The molecule has 0 aliphatic heterocycles. The fourth-order valence-electron chi connectivity index (χ4n) is 2.84. The Balaban J connectivity index is 1.52. The summed E-state index contributed by atoms with van der Waals surface area (Å²) in [5.41, 5.74) is 1.90. The van der Waals surface area contributed by atoms with Crippen molar-refractivity contribution in [2.24, 2.45) is 0 Å². The highest BCUT2D eigenvalue weighted by atomic mass is 19.1. The molecule has 6 heteroatoms. The van der Waals surface area contributed by atoms with Gasteiger partial charge in [-0.2, -0.15) is 0 Å². The molecular formula is C24H22FNO4. The molecule has 154 valence electrons. The zero-order valence-electron chi connectivity index (χ0n) is 16.6. The first kappa shape index (κ1) is 21.0. The second kappa shape index (κ2) is 10.2. The van der Waals surface area contributed by atoms with Gasteiger partial charge in [0.2, 0.25) is 0 Å². The SMILES string of the molecule is CCN(C(=O)COC(=O)c1ccc(OCc2ccccc2)cc1)c1ccc(F)cc1. The Labute approximate surface area is 174 Å². The molecule has 3 aromatic carbocycles. The minimum Gasteiger partial charge on any atom is -0.489 e. The average Bonchev–Trinajstić information content (AvgIpc) is 2.79. The first-order valence-corrected chi connectivity index (χ1v) is 9.56. The molecule has 0 aromatic heterocycles. The average molecular weight is 407 g/mol. The molecule has 1 amide bonds. The van der Waals surface area contributed by atoms with Crippen LogP contribution >= 0.6 is 0 Å². The van der Waals surface area contributed by atoms with Gasteiger partial charge in [-0.05, 0) is 61.0 Å². The highest BCUT2D eigenvalue weighted by Gasteiger charge is 2.17. The van der Waals surface area contributed by atoms with Gasteiger partial charge in [-0.1, -0.05) is 30.3 Å². The van der Waals surface area contributed by atoms with Gasteiger partial charge >= 0.3 is 5.97 Å². The number of esters is 1. The van der Waals surface area contributed by atoms with Gasteiger partial charge in [-0.25, -0.2) is 9.18 Å². The molecule has 0 radical (unpaired) electrons. The first-order valence-electron chi connectivity index (χ1n) is 9.56. The van der Waals surface area contributed by atoms with E-state index in [1.165, 1.54) is 29.2 Å². The Hall–Kier alpha value is -3.67. The van der Waals surface area contributed by atoms with E-state index in [1.807, 2.05) is 30.3 Å². The predicted octanol–water partition coefficient (Wildman–Crippen LogP) is 4.61. The zero-order chi connectivity index (χ0) is 21.3. The van der Waals surface area contributed by atoms with Crippen molar-refractivity contribution < 1.29 is 23.5 Å². The van der Waals surface area contributed by atoms with Crippen molar-refractivity contribution in [3.8, 4) is 5.75 Å². The van der Waals surface area contributed by atoms with Gasteiger partial charge in [0.25, 0.3) is 5.91 Å². The second-order valence-electron chi connectivity index (χ2n) is 6.49. The maximum atomic E-state index is 13.1. The summed E-state index contributed by atoms with van der Waals surface area (Å²) in [6.07, 6.45) is 0. The minimum absolute atomic E-state index is 0.319. The van der Waals surface area contributed by atoms with Crippen LogP contribution in [0.25, 0.3) is 0 Å². The topological polar surface area (TPSA) is 55.8 Å². The monoisotopic (exact) mass is 407 g/mol. The number of ether oxygens (including phenoxy) is 2. The molecule has 0 unspecified atom stereocenters. The van der Waals surface area contributed by atoms with Gasteiger partial charge in [0.05, 0.1) is 5.56 Å². The molecule has 0 heterocycles. The molecule has 0 aliphatic rings. The quantitative estimate of drug-likeness (QED) is 0.512. The van der Waals surface area contributed by atoms with Crippen LogP contribution in [0.4, 0.5) is 10.1 Å². The van der Waals surface area contributed by atoms with Gasteiger partial charge in [0.1, 0.15) is 18.2 Å². The molecule has 0 aliphatic carbocycles. The third kappa shape index (κ3) is 5.67. The summed E-state index contributed by atoms with van der Waals surface area (Å²) >= 11 is 0. The van der Waals surface area contributed by atoms with E-state index in [1.54, 1.807) is 31.2 Å². The molecule has 0 saturated carbocycles. The van der Waals surface area contributed by atoms with Crippen LogP contribution in [0, 0.1) is 5.82 Å². The van der Waals surface area contributed by atoms with Crippen LogP contribution in [0.5, 0.6) is 5.75 Å². The van der Waals surface area contributed by atoms with E-state index in [0.717, 1.165) is 5.56 Å². The number of rotatable bonds is 8. The lowest BCUT2D eigenvalue weighted by atomic mass is 10.2. The maximum absolute atomic E-state index is 13.1. The van der Waals surface area contributed by atoms with Crippen LogP contribution in [0.3, 0.4) is 0 Å². The highest BCUT2D eigenvalue weighted by Crippen LogP contribution is 2.17. The number of hydrogen-bond donors (Lipinski definition) is 0. The standard InChI is InChI=1S/C24H22FNO4/c1-2-26(21-12-10-20(25)11-13-21)23(27)17-30-24(28)19-8-14-22(15-9-19)29-16-18-6-4-3-5-7-18/h3-15H,2,16-17H2,1H3. The Morgan fingerprint density at radius 1 is 0.900 bits per heavy atom. The number of carbonyl (C=O) groups is 2. The second-order valence-corrected chi connectivity index (χ2v) is 6.49. The minimum atomic E-state index is -0.604. The molecule has 3 rings (SSSR count). The van der Waals surface area contributed by atoms with Gasteiger partial charge in [0.15, 0.2) is 6.61 Å². The molecule has 0 spiro atoms. The molecule has 0 bridgehead atoms. The van der Waals surface area contributed by atoms with Gasteiger partial charge in [-0.3, -0.25) is 4.79 Å². The number of halogens is 1. The molecule has 30 heavy (non-hydrogen) atoms. The fourth-order valence-corrected chi connectivity index (χ4v) is 2.84. The molecule has 5 nitrogen and oxygen atoms in total. The number of hydrogen-bond acceptors (Lipinski definition) is 4. The molecular weight excluding hydrogens is 385 g/mol. The summed E-state index contributed by atoms with van der Waals surface area (Å²) in [6, 6.07) is 21.9. The van der Waals surface area contributed by atoms with Crippen molar-refractivity contribution in [1.82, 2.24) is 0 Å². The summed E-state index contributed by atoms with van der Waals surface area (Å²) < 4.78 is 23.9. The van der Waals surface area contributed by atoms with Gasteiger partial charge < -0.3 is 14.4 Å². The van der Waals surface area contributed by atoms with Crippen LogP contribution in [0.1, 0.15) is 22.8 Å². The van der Waals surface area contributed by atoms with E-state index in [2.05, 4.69) is 0 Å². The largest absolute Gasteiger partial charge is 0.489 e. The van der Waals surface area contributed by atoms with E-state index >= 15 is 0 Å². The number of amides is 1. The Bertz CT molecular complexity index is 972. The van der Waals surface area contributed by atoms with E-state index in [0.29, 0.717) is 30.2 Å². The van der Waals surface area contributed by atoms with E-state index in [4.69, 9.17) is 9.47 Å². The molecule has 0 atom stereocenters. The summed E-state index contributed by atoms with van der Waals surface area (Å²) in [6.45, 7) is 2.18. The number of likely N-dealkylation sites (N-methyl/N-ethyl adjacent to an activating group) is 1. The number of carbonyl (C=O) groups excluding carboxylic acids is 2. The zero-order valence-corrected chi connectivity index (χ0v) is 16.6. The number of benzene rings is 3. The summed E-state index contributed by atoms with van der Waals surface area (Å²) in [7, 11) is 0. The van der Waals surface area contributed by atoms with Gasteiger partial charge in [0, 0.05) is 12.2 Å².